The van der Waals surface area contributed by atoms with Crippen LogP contribution in [0.15, 0.2) is 16.5 Å². The van der Waals surface area contributed by atoms with Crippen molar-refractivity contribution < 1.29 is 9.21 Å². The second-order valence-corrected chi connectivity index (χ2v) is 4.96. The van der Waals surface area contributed by atoms with E-state index in [2.05, 4.69) is 6.92 Å². The van der Waals surface area contributed by atoms with Crippen LogP contribution in [0.4, 0.5) is 0 Å². The molecule has 0 aliphatic carbocycles. The Morgan fingerprint density at radius 1 is 1.59 bits per heavy atom. The van der Waals surface area contributed by atoms with E-state index in [1.165, 1.54) is 0 Å². The Labute approximate surface area is 106 Å². The molecule has 0 radical (unpaired) electrons. The van der Waals surface area contributed by atoms with Crippen LogP contribution in [0, 0.1) is 5.92 Å². The summed E-state index contributed by atoms with van der Waals surface area (Å²) in [6.07, 6.45) is 2.07. The molecule has 17 heavy (non-hydrogen) atoms. The molecule has 94 valence electrons. The summed E-state index contributed by atoms with van der Waals surface area (Å²) in [4.78, 5) is 14.0. The van der Waals surface area contributed by atoms with E-state index in [4.69, 9.17) is 21.8 Å². The fourth-order valence-corrected chi connectivity index (χ4v) is 2.37. The fraction of sp³-hybridized carbons (Fsp3) is 0.583. The molecular formula is C12H17ClN2O2. The third-order valence-electron chi connectivity index (χ3n) is 3.36. The summed E-state index contributed by atoms with van der Waals surface area (Å²) in [5.74, 6) is 0.600. The molecule has 1 aromatic heterocycles. The first kappa shape index (κ1) is 12.5. The number of nitrogens with two attached hydrogens (primary N) is 1. The van der Waals surface area contributed by atoms with E-state index in [9.17, 15) is 4.79 Å². The number of furan rings is 1. The summed E-state index contributed by atoms with van der Waals surface area (Å²) in [5.41, 5.74) is 5.67. The van der Waals surface area contributed by atoms with Gasteiger partial charge >= 0.3 is 0 Å². The van der Waals surface area contributed by atoms with Crippen LogP contribution in [0.25, 0.3) is 0 Å². The topological polar surface area (TPSA) is 59.5 Å². The van der Waals surface area contributed by atoms with Crippen molar-refractivity contribution in [1.29, 1.82) is 0 Å². The summed E-state index contributed by atoms with van der Waals surface area (Å²) in [6, 6.07) is 3.43. The quantitative estimate of drug-likeness (QED) is 0.882. The minimum absolute atomic E-state index is 0.0949. The van der Waals surface area contributed by atoms with Gasteiger partial charge in [0.15, 0.2) is 11.0 Å². The maximum atomic E-state index is 12.2. The molecule has 0 bridgehead atoms. The molecule has 0 saturated carbocycles. The maximum Gasteiger partial charge on any atom is 0.289 e. The first-order valence-corrected chi connectivity index (χ1v) is 6.26. The van der Waals surface area contributed by atoms with Gasteiger partial charge in [-0.1, -0.05) is 0 Å². The second kappa shape index (κ2) is 5.10. The Hall–Kier alpha value is -1.00. The molecule has 1 aliphatic heterocycles. The Morgan fingerprint density at radius 2 is 2.35 bits per heavy atom. The molecule has 4 nitrogen and oxygen atoms in total. The van der Waals surface area contributed by atoms with Crippen LogP contribution in [0.2, 0.25) is 5.22 Å². The van der Waals surface area contributed by atoms with Crippen molar-refractivity contribution in [3.05, 3.63) is 23.1 Å². The van der Waals surface area contributed by atoms with Gasteiger partial charge in [0.05, 0.1) is 0 Å². The van der Waals surface area contributed by atoms with Crippen molar-refractivity contribution in [3.63, 3.8) is 0 Å². The van der Waals surface area contributed by atoms with Crippen LogP contribution in [0.3, 0.4) is 0 Å². The van der Waals surface area contributed by atoms with Crippen LogP contribution < -0.4 is 5.73 Å². The van der Waals surface area contributed by atoms with Crippen LogP contribution in [-0.2, 0) is 0 Å². The Bertz CT molecular complexity index is 405. The van der Waals surface area contributed by atoms with Gasteiger partial charge in [-0.05, 0) is 56.0 Å². The molecule has 2 heterocycles. The van der Waals surface area contributed by atoms with Gasteiger partial charge in [-0.3, -0.25) is 4.79 Å². The number of carbonyl (C=O) groups is 1. The van der Waals surface area contributed by atoms with E-state index in [-0.39, 0.29) is 17.2 Å². The molecular weight excluding hydrogens is 240 g/mol. The highest BCUT2D eigenvalue weighted by atomic mass is 35.5. The summed E-state index contributed by atoms with van der Waals surface area (Å²) < 4.78 is 5.16. The van der Waals surface area contributed by atoms with Gasteiger partial charge < -0.3 is 15.1 Å². The standard InChI is InChI=1S/C12H17ClN2O2/c1-8-2-3-9(6-14)7-15(8)12(16)10-4-5-11(13)17-10/h4-5,8-9H,2-3,6-7,14H2,1H3. The third-order valence-corrected chi connectivity index (χ3v) is 3.56. The highest BCUT2D eigenvalue weighted by Gasteiger charge is 2.30. The molecule has 1 aromatic rings. The lowest BCUT2D eigenvalue weighted by molar-refractivity contribution is 0.0535. The number of halogens is 1. The smallest absolute Gasteiger partial charge is 0.289 e. The number of piperidine rings is 1. The molecule has 0 spiro atoms. The van der Waals surface area contributed by atoms with E-state index in [0.29, 0.717) is 24.8 Å². The molecule has 1 aliphatic rings. The van der Waals surface area contributed by atoms with Crippen molar-refractivity contribution in [2.24, 2.45) is 11.7 Å². The van der Waals surface area contributed by atoms with Gasteiger partial charge in [0.2, 0.25) is 0 Å². The number of hydrogen-bond acceptors (Lipinski definition) is 3. The summed E-state index contributed by atoms with van der Waals surface area (Å²) in [7, 11) is 0. The molecule has 2 N–H and O–H groups in total. The van der Waals surface area contributed by atoms with Crippen LogP contribution in [0.5, 0.6) is 0 Å². The molecule has 5 heteroatoms. The van der Waals surface area contributed by atoms with Gasteiger partial charge in [0, 0.05) is 12.6 Å². The zero-order chi connectivity index (χ0) is 12.4. The lowest BCUT2D eigenvalue weighted by Crippen LogP contribution is -2.47. The van der Waals surface area contributed by atoms with E-state index in [0.717, 1.165) is 12.8 Å². The lowest BCUT2D eigenvalue weighted by Gasteiger charge is -2.37. The SMILES string of the molecule is CC1CCC(CN)CN1C(=O)c1ccc(Cl)o1. The van der Waals surface area contributed by atoms with Gasteiger partial charge in [-0.2, -0.15) is 0 Å². The van der Waals surface area contributed by atoms with E-state index in [1.54, 1.807) is 12.1 Å². The number of hydrogen-bond donors (Lipinski definition) is 1. The number of nitrogens with zero attached hydrogens (tertiary/aromatic N) is 1. The minimum Gasteiger partial charge on any atom is -0.440 e. The first-order valence-electron chi connectivity index (χ1n) is 5.88. The number of amides is 1. The van der Waals surface area contributed by atoms with Gasteiger partial charge in [-0.25, -0.2) is 0 Å². The molecule has 1 amide bonds. The first-order chi connectivity index (χ1) is 8.11. The summed E-state index contributed by atoms with van der Waals surface area (Å²) in [6.45, 7) is 3.37. The number of rotatable bonds is 2. The van der Waals surface area contributed by atoms with Crippen molar-refractivity contribution in [3.8, 4) is 0 Å². The van der Waals surface area contributed by atoms with Gasteiger partial charge in [-0.15, -0.1) is 0 Å². The van der Waals surface area contributed by atoms with E-state index < -0.39 is 0 Å². The zero-order valence-electron chi connectivity index (χ0n) is 9.86. The highest BCUT2D eigenvalue weighted by Crippen LogP contribution is 2.24. The van der Waals surface area contributed by atoms with Crippen LogP contribution >= 0.6 is 11.6 Å². The van der Waals surface area contributed by atoms with Gasteiger partial charge in [0.25, 0.3) is 5.91 Å². The second-order valence-electron chi connectivity index (χ2n) is 4.59. The maximum absolute atomic E-state index is 12.2. The molecule has 1 fully saturated rings. The minimum atomic E-state index is -0.0949. The van der Waals surface area contributed by atoms with Crippen molar-refractivity contribution in [2.75, 3.05) is 13.1 Å². The normalized spacial score (nSPS) is 25.0. The molecule has 2 unspecified atom stereocenters. The molecule has 0 aromatic carbocycles. The summed E-state index contributed by atoms with van der Waals surface area (Å²) >= 11 is 5.68. The van der Waals surface area contributed by atoms with Crippen LogP contribution in [-0.4, -0.2) is 29.9 Å². The van der Waals surface area contributed by atoms with Gasteiger partial charge in [0.1, 0.15) is 0 Å². The predicted molar refractivity (Wildman–Crippen MR) is 66.0 cm³/mol. The Balaban J connectivity index is 2.12. The van der Waals surface area contributed by atoms with Crippen molar-refractivity contribution >= 4 is 17.5 Å². The predicted octanol–water partition coefficient (Wildman–Crippen LogP) is 2.13. The largest absolute Gasteiger partial charge is 0.440 e. The molecule has 1 saturated heterocycles. The van der Waals surface area contributed by atoms with Crippen molar-refractivity contribution in [1.82, 2.24) is 4.90 Å². The number of carbonyl (C=O) groups excluding carboxylic acids is 1. The van der Waals surface area contributed by atoms with E-state index in [1.807, 2.05) is 4.90 Å². The van der Waals surface area contributed by atoms with Crippen molar-refractivity contribution in [2.45, 2.75) is 25.8 Å². The Kier molecular flexibility index (Phi) is 3.74. The third kappa shape index (κ3) is 2.64. The average Bonchev–Trinajstić information content (AvgIpc) is 2.76. The Morgan fingerprint density at radius 3 is 2.94 bits per heavy atom. The van der Waals surface area contributed by atoms with Crippen LogP contribution in [0.1, 0.15) is 30.3 Å². The molecule has 2 atom stereocenters. The highest BCUT2D eigenvalue weighted by molar-refractivity contribution is 6.29. The average molecular weight is 257 g/mol. The molecule has 2 rings (SSSR count). The zero-order valence-corrected chi connectivity index (χ0v) is 10.6. The lowest BCUT2D eigenvalue weighted by atomic mass is 9.93. The van der Waals surface area contributed by atoms with E-state index >= 15 is 0 Å². The number of likely N-dealkylation sites (tertiary alicyclic amines) is 1. The monoisotopic (exact) mass is 256 g/mol. The fourth-order valence-electron chi connectivity index (χ4n) is 2.23. The summed E-state index contributed by atoms with van der Waals surface area (Å²) in [5, 5.41) is 0.244.